The third-order valence-corrected chi connectivity index (χ3v) is 2.12. The van der Waals surface area contributed by atoms with Crippen LogP contribution in [0.15, 0.2) is 0 Å². The van der Waals surface area contributed by atoms with E-state index in [1.807, 2.05) is 0 Å². The Morgan fingerprint density at radius 2 is 1.92 bits per heavy atom. The van der Waals surface area contributed by atoms with E-state index < -0.39 is 0 Å². The largest absolute Gasteiger partial charge is 0.396 e. The number of hydrogen-bond acceptors (Lipinski definition) is 2. The summed E-state index contributed by atoms with van der Waals surface area (Å²) >= 11 is 0. The lowest BCUT2D eigenvalue weighted by molar-refractivity contribution is 0.230. The van der Waals surface area contributed by atoms with Gasteiger partial charge in [0.05, 0.1) is 0 Å². The van der Waals surface area contributed by atoms with Crippen molar-refractivity contribution in [3.8, 4) is 0 Å². The number of aliphatic hydroxyl groups is 1. The molecule has 0 unspecified atom stereocenters. The molecule has 0 amide bonds. The first-order valence-electron chi connectivity index (χ1n) is 4.98. The maximum atomic E-state index is 8.76. The van der Waals surface area contributed by atoms with Gasteiger partial charge in [-0.15, -0.1) is 0 Å². The van der Waals surface area contributed by atoms with Crippen molar-refractivity contribution < 1.29 is 5.11 Å². The van der Waals surface area contributed by atoms with Gasteiger partial charge in [0.15, 0.2) is 0 Å². The molecular formula is C10H23NO. The lowest BCUT2D eigenvalue weighted by atomic mass is 10.0. The van der Waals surface area contributed by atoms with E-state index >= 15 is 0 Å². The van der Waals surface area contributed by atoms with Crippen LogP contribution in [0.3, 0.4) is 0 Å². The lowest BCUT2D eigenvalue weighted by Gasteiger charge is -2.25. The van der Waals surface area contributed by atoms with Gasteiger partial charge < -0.3 is 10.4 Å². The summed E-state index contributed by atoms with van der Waals surface area (Å²) in [5.74, 6) is 0. The predicted molar refractivity (Wildman–Crippen MR) is 53.3 cm³/mol. The van der Waals surface area contributed by atoms with E-state index in [0.717, 1.165) is 13.0 Å². The first kappa shape index (κ1) is 11.9. The van der Waals surface area contributed by atoms with E-state index in [1.165, 1.54) is 19.3 Å². The van der Waals surface area contributed by atoms with Crippen molar-refractivity contribution >= 4 is 0 Å². The van der Waals surface area contributed by atoms with Crippen molar-refractivity contribution in [3.05, 3.63) is 0 Å². The minimum Gasteiger partial charge on any atom is -0.396 e. The van der Waals surface area contributed by atoms with Gasteiger partial charge in [-0.25, -0.2) is 0 Å². The van der Waals surface area contributed by atoms with Gasteiger partial charge in [-0.2, -0.15) is 0 Å². The van der Waals surface area contributed by atoms with Gasteiger partial charge in [-0.1, -0.05) is 19.8 Å². The van der Waals surface area contributed by atoms with Crippen molar-refractivity contribution in [2.75, 3.05) is 13.2 Å². The molecule has 0 bridgehead atoms. The molecule has 0 spiro atoms. The quantitative estimate of drug-likeness (QED) is 0.577. The molecule has 0 aliphatic heterocycles. The molecule has 0 aliphatic carbocycles. The summed E-state index contributed by atoms with van der Waals surface area (Å²) in [5, 5.41) is 12.2. The Hall–Kier alpha value is -0.0800. The SMILES string of the molecule is CCCCCNC(C)(C)CCO. The van der Waals surface area contributed by atoms with Crippen LogP contribution in [0, 0.1) is 0 Å². The van der Waals surface area contributed by atoms with Crippen molar-refractivity contribution in [3.63, 3.8) is 0 Å². The number of aliphatic hydroxyl groups excluding tert-OH is 1. The van der Waals surface area contributed by atoms with Crippen LogP contribution in [0.25, 0.3) is 0 Å². The molecule has 0 aromatic rings. The monoisotopic (exact) mass is 173 g/mol. The van der Waals surface area contributed by atoms with Gasteiger partial charge in [0.1, 0.15) is 0 Å². The van der Waals surface area contributed by atoms with E-state index in [0.29, 0.717) is 0 Å². The smallest absolute Gasteiger partial charge is 0.0448 e. The van der Waals surface area contributed by atoms with Gasteiger partial charge in [-0.05, 0) is 33.2 Å². The summed E-state index contributed by atoms with van der Waals surface area (Å²) in [6, 6.07) is 0. The van der Waals surface area contributed by atoms with Crippen LogP contribution < -0.4 is 5.32 Å². The first-order chi connectivity index (χ1) is 5.62. The van der Waals surface area contributed by atoms with Crippen LogP contribution in [-0.4, -0.2) is 23.8 Å². The minimum atomic E-state index is 0.0997. The molecule has 74 valence electrons. The van der Waals surface area contributed by atoms with Crippen LogP contribution >= 0.6 is 0 Å². The highest BCUT2D eigenvalue weighted by molar-refractivity contribution is 4.76. The van der Waals surface area contributed by atoms with E-state index in [1.54, 1.807) is 0 Å². The fourth-order valence-corrected chi connectivity index (χ4v) is 1.17. The molecular weight excluding hydrogens is 150 g/mol. The van der Waals surface area contributed by atoms with Crippen LogP contribution in [0.5, 0.6) is 0 Å². The molecule has 2 N–H and O–H groups in total. The Balaban J connectivity index is 3.33. The van der Waals surface area contributed by atoms with Gasteiger partial charge in [0, 0.05) is 12.1 Å². The molecule has 0 saturated carbocycles. The van der Waals surface area contributed by atoms with E-state index in [4.69, 9.17) is 5.11 Å². The van der Waals surface area contributed by atoms with Crippen molar-refractivity contribution in [1.29, 1.82) is 0 Å². The fraction of sp³-hybridized carbons (Fsp3) is 1.00. The summed E-state index contributed by atoms with van der Waals surface area (Å²) in [7, 11) is 0. The molecule has 0 fully saturated rings. The number of unbranched alkanes of at least 4 members (excludes halogenated alkanes) is 2. The summed E-state index contributed by atoms with van der Waals surface area (Å²) in [6.45, 7) is 7.82. The zero-order valence-corrected chi connectivity index (χ0v) is 8.69. The molecule has 0 heterocycles. The summed E-state index contributed by atoms with van der Waals surface area (Å²) in [5.41, 5.74) is 0.0997. The normalized spacial score (nSPS) is 12.0. The van der Waals surface area contributed by atoms with Crippen molar-refractivity contribution in [1.82, 2.24) is 5.32 Å². The molecule has 0 aromatic carbocycles. The molecule has 0 radical (unpaired) electrons. The Bertz CT molecular complexity index is 102. The van der Waals surface area contributed by atoms with Crippen molar-refractivity contribution in [2.24, 2.45) is 0 Å². The molecule has 0 aliphatic rings. The summed E-state index contributed by atoms with van der Waals surface area (Å²) in [6.07, 6.45) is 4.63. The fourth-order valence-electron chi connectivity index (χ4n) is 1.17. The van der Waals surface area contributed by atoms with Crippen LogP contribution in [0.2, 0.25) is 0 Å². The number of hydrogen-bond donors (Lipinski definition) is 2. The highest BCUT2D eigenvalue weighted by Gasteiger charge is 2.14. The second kappa shape index (κ2) is 6.44. The van der Waals surface area contributed by atoms with E-state index in [-0.39, 0.29) is 12.1 Å². The Kier molecular flexibility index (Phi) is 6.39. The third kappa shape index (κ3) is 6.62. The zero-order chi connectivity index (χ0) is 9.45. The third-order valence-electron chi connectivity index (χ3n) is 2.12. The van der Waals surface area contributed by atoms with E-state index in [9.17, 15) is 0 Å². The molecule has 0 rings (SSSR count). The average Bonchev–Trinajstić information content (AvgIpc) is 1.98. The Morgan fingerprint density at radius 1 is 1.25 bits per heavy atom. The molecule has 0 atom stereocenters. The second-order valence-corrected chi connectivity index (χ2v) is 3.99. The molecule has 12 heavy (non-hydrogen) atoms. The topological polar surface area (TPSA) is 32.3 Å². The van der Waals surface area contributed by atoms with Crippen molar-refractivity contribution in [2.45, 2.75) is 52.0 Å². The number of nitrogens with one attached hydrogen (secondary N) is 1. The summed E-state index contributed by atoms with van der Waals surface area (Å²) < 4.78 is 0. The average molecular weight is 173 g/mol. The summed E-state index contributed by atoms with van der Waals surface area (Å²) in [4.78, 5) is 0. The van der Waals surface area contributed by atoms with Gasteiger partial charge in [-0.3, -0.25) is 0 Å². The molecule has 0 aromatic heterocycles. The Morgan fingerprint density at radius 3 is 2.42 bits per heavy atom. The van der Waals surface area contributed by atoms with Gasteiger partial charge in [0.25, 0.3) is 0 Å². The minimum absolute atomic E-state index is 0.0997. The first-order valence-corrected chi connectivity index (χ1v) is 4.98. The van der Waals surface area contributed by atoms with Gasteiger partial charge in [0.2, 0.25) is 0 Å². The molecule has 2 heteroatoms. The van der Waals surface area contributed by atoms with Gasteiger partial charge >= 0.3 is 0 Å². The lowest BCUT2D eigenvalue weighted by Crippen LogP contribution is -2.40. The van der Waals surface area contributed by atoms with Crippen LogP contribution in [-0.2, 0) is 0 Å². The zero-order valence-electron chi connectivity index (χ0n) is 8.69. The Labute approximate surface area is 76.4 Å². The second-order valence-electron chi connectivity index (χ2n) is 3.99. The maximum Gasteiger partial charge on any atom is 0.0448 e. The van der Waals surface area contributed by atoms with Crippen LogP contribution in [0.1, 0.15) is 46.5 Å². The van der Waals surface area contributed by atoms with E-state index in [2.05, 4.69) is 26.1 Å². The highest BCUT2D eigenvalue weighted by atomic mass is 16.3. The molecule has 0 saturated heterocycles. The number of rotatable bonds is 7. The molecule has 2 nitrogen and oxygen atoms in total. The predicted octanol–water partition coefficient (Wildman–Crippen LogP) is 1.93. The van der Waals surface area contributed by atoms with Crippen LogP contribution in [0.4, 0.5) is 0 Å². The highest BCUT2D eigenvalue weighted by Crippen LogP contribution is 2.07. The maximum absolute atomic E-state index is 8.76. The standard InChI is InChI=1S/C10H23NO/c1-4-5-6-8-11-10(2,3)7-9-12/h11-12H,4-9H2,1-3H3.